The van der Waals surface area contributed by atoms with Crippen LogP contribution in [0.4, 0.5) is 19.6 Å². The van der Waals surface area contributed by atoms with Gasteiger partial charge in [0.25, 0.3) is 0 Å². The molecule has 8 heteroatoms. The minimum atomic E-state index is -0.986. The zero-order chi connectivity index (χ0) is 18.3. The lowest BCUT2D eigenvalue weighted by molar-refractivity contribution is -0.122. The average molecular weight is 373 g/mol. The molecule has 1 N–H and O–H groups in total. The molecule has 1 aliphatic heterocycles. The summed E-state index contributed by atoms with van der Waals surface area (Å²) in [4.78, 5) is 30.4. The quantitative estimate of drug-likeness (QED) is 0.764. The van der Waals surface area contributed by atoms with E-state index < -0.39 is 17.6 Å². The van der Waals surface area contributed by atoms with Gasteiger partial charge in [-0.2, -0.15) is 0 Å². The number of rotatable bonds is 3. The minimum absolute atomic E-state index is 0.106. The number of thiazole rings is 1. The van der Waals surface area contributed by atoms with E-state index in [0.717, 1.165) is 29.2 Å². The Morgan fingerprint density at radius 3 is 2.69 bits per heavy atom. The molecule has 5 nitrogen and oxygen atoms in total. The Hall–Kier alpha value is -2.87. The molecule has 1 aromatic heterocycles. The number of hydrogen-bond acceptors (Lipinski definition) is 4. The van der Waals surface area contributed by atoms with Crippen molar-refractivity contribution in [1.29, 1.82) is 0 Å². The maximum Gasteiger partial charge on any atom is 0.231 e. The monoisotopic (exact) mass is 373 g/mol. The molecule has 2 heterocycles. The number of nitrogens with zero attached hydrogens (tertiary/aromatic N) is 2. The highest BCUT2D eigenvalue weighted by atomic mass is 32.1. The molecule has 0 radical (unpaired) electrons. The van der Waals surface area contributed by atoms with Crippen LogP contribution >= 0.6 is 11.3 Å². The number of carbonyl (C=O) groups is 2. The van der Waals surface area contributed by atoms with Crippen LogP contribution in [0, 0.1) is 17.6 Å². The molecule has 0 aliphatic carbocycles. The van der Waals surface area contributed by atoms with Crippen LogP contribution in [0.1, 0.15) is 6.42 Å². The molecule has 26 heavy (non-hydrogen) atoms. The van der Waals surface area contributed by atoms with Crippen LogP contribution in [0.25, 0.3) is 10.2 Å². The summed E-state index contributed by atoms with van der Waals surface area (Å²) < 4.78 is 27.0. The van der Waals surface area contributed by atoms with Gasteiger partial charge in [-0.1, -0.05) is 29.5 Å². The lowest BCUT2D eigenvalue weighted by atomic mass is 10.1. The smallest absolute Gasteiger partial charge is 0.231 e. The van der Waals surface area contributed by atoms with Crippen LogP contribution in [-0.2, 0) is 9.59 Å². The van der Waals surface area contributed by atoms with Crippen molar-refractivity contribution in [2.45, 2.75) is 6.42 Å². The maximum atomic E-state index is 13.3. The van der Waals surface area contributed by atoms with E-state index in [1.165, 1.54) is 0 Å². The van der Waals surface area contributed by atoms with Crippen LogP contribution in [-0.4, -0.2) is 23.3 Å². The van der Waals surface area contributed by atoms with Gasteiger partial charge in [-0.25, -0.2) is 13.8 Å². The molecule has 0 bridgehead atoms. The second-order valence-corrected chi connectivity index (χ2v) is 7.01. The van der Waals surface area contributed by atoms with Crippen molar-refractivity contribution in [2.24, 2.45) is 5.92 Å². The molecule has 1 unspecified atom stereocenters. The summed E-state index contributed by atoms with van der Waals surface area (Å²) in [6, 6.07) is 11.2. The van der Waals surface area contributed by atoms with E-state index in [4.69, 9.17) is 0 Å². The molecule has 2 amide bonds. The Morgan fingerprint density at radius 2 is 1.92 bits per heavy atom. The summed E-state index contributed by atoms with van der Waals surface area (Å²) >= 11 is 1.06. The first-order valence-corrected chi connectivity index (χ1v) is 8.75. The van der Waals surface area contributed by atoms with Gasteiger partial charge in [0.2, 0.25) is 11.8 Å². The van der Waals surface area contributed by atoms with Gasteiger partial charge in [0, 0.05) is 24.7 Å². The number of nitrogens with one attached hydrogen (secondary N) is 1. The van der Waals surface area contributed by atoms with Crippen molar-refractivity contribution in [2.75, 3.05) is 16.8 Å². The number of hydrogen-bond donors (Lipinski definition) is 1. The van der Waals surface area contributed by atoms with E-state index in [2.05, 4.69) is 10.3 Å². The number of carbonyl (C=O) groups excluding carboxylic acids is 2. The van der Waals surface area contributed by atoms with Crippen LogP contribution in [0.15, 0.2) is 42.5 Å². The summed E-state index contributed by atoms with van der Waals surface area (Å²) in [5.41, 5.74) is 1.02. The highest BCUT2D eigenvalue weighted by Crippen LogP contribution is 2.30. The summed E-state index contributed by atoms with van der Waals surface area (Å²) in [6.07, 6.45) is 0.106. The summed E-state index contributed by atoms with van der Waals surface area (Å²) in [5, 5.41) is 2.90. The van der Waals surface area contributed by atoms with Gasteiger partial charge in [-0.05, 0) is 18.2 Å². The highest BCUT2D eigenvalue weighted by Gasteiger charge is 2.35. The van der Waals surface area contributed by atoms with Crippen molar-refractivity contribution >= 4 is 44.2 Å². The summed E-state index contributed by atoms with van der Waals surface area (Å²) in [5.74, 6) is -2.91. The van der Waals surface area contributed by atoms with Crippen LogP contribution in [0.3, 0.4) is 0 Å². The van der Waals surface area contributed by atoms with Crippen molar-refractivity contribution in [3.63, 3.8) is 0 Å². The molecule has 1 fully saturated rings. The molecule has 3 aromatic rings. The zero-order valence-corrected chi connectivity index (χ0v) is 14.2. The first kappa shape index (κ1) is 16.6. The molecule has 4 rings (SSSR count). The number of para-hydroxylation sites is 1. The van der Waals surface area contributed by atoms with Crippen molar-refractivity contribution in [1.82, 2.24) is 4.98 Å². The number of aromatic nitrogens is 1. The predicted molar refractivity (Wildman–Crippen MR) is 95.1 cm³/mol. The molecular formula is C18H13F2N3O2S. The number of fused-ring (bicyclic) bond motifs is 1. The van der Waals surface area contributed by atoms with E-state index in [0.29, 0.717) is 4.70 Å². The van der Waals surface area contributed by atoms with E-state index in [9.17, 15) is 18.4 Å². The fraction of sp³-hybridized carbons (Fsp3) is 0.167. The first-order chi connectivity index (χ1) is 12.5. The van der Waals surface area contributed by atoms with Crippen LogP contribution in [0.2, 0.25) is 0 Å². The van der Waals surface area contributed by atoms with Gasteiger partial charge < -0.3 is 10.2 Å². The Kier molecular flexibility index (Phi) is 4.12. The predicted octanol–water partition coefficient (Wildman–Crippen LogP) is 3.57. The lowest BCUT2D eigenvalue weighted by Gasteiger charge is -2.16. The van der Waals surface area contributed by atoms with Gasteiger partial charge >= 0.3 is 0 Å². The summed E-state index contributed by atoms with van der Waals surface area (Å²) in [7, 11) is 0. The molecule has 132 valence electrons. The van der Waals surface area contributed by atoms with Crippen molar-refractivity contribution in [3.05, 3.63) is 54.1 Å². The van der Waals surface area contributed by atoms with E-state index in [1.807, 2.05) is 30.3 Å². The average Bonchev–Trinajstić information content (AvgIpc) is 3.19. The third-order valence-electron chi connectivity index (χ3n) is 4.22. The third-order valence-corrected chi connectivity index (χ3v) is 5.16. The fourth-order valence-electron chi connectivity index (χ4n) is 2.93. The zero-order valence-electron chi connectivity index (χ0n) is 13.4. The van der Waals surface area contributed by atoms with Gasteiger partial charge in [0.05, 0.1) is 16.1 Å². The molecule has 0 spiro atoms. The standard InChI is InChI=1S/C18H13F2N3O2S/c19-12-7-14-15(8-13(12)20)26-18(21-14)22-17(25)10-6-16(24)23(9-10)11-4-2-1-3-5-11/h1-5,7-8,10H,6,9H2,(H,21,22,25). The Balaban J connectivity index is 1.49. The molecule has 0 saturated carbocycles. The lowest BCUT2D eigenvalue weighted by Crippen LogP contribution is -2.28. The van der Waals surface area contributed by atoms with Gasteiger partial charge in [0.15, 0.2) is 16.8 Å². The van der Waals surface area contributed by atoms with Gasteiger partial charge in [-0.15, -0.1) is 0 Å². The van der Waals surface area contributed by atoms with E-state index >= 15 is 0 Å². The third kappa shape index (κ3) is 3.03. The normalized spacial score (nSPS) is 17.1. The number of benzene rings is 2. The minimum Gasteiger partial charge on any atom is -0.312 e. The van der Waals surface area contributed by atoms with Gasteiger partial charge in [-0.3, -0.25) is 9.59 Å². The Labute approximate surface area is 151 Å². The SMILES string of the molecule is O=C(Nc1nc2cc(F)c(F)cc2s1)C1CC(=O)N(c2ccccc2)C1. The molecular weight excluding hydrogens is 360 g/mol. The maximum absolute atomic E-state index is 13.3. The van der Waals surface area contributed by atoms with Crippen LogP contribution in [0.5, 0.6) is 0 Å². The van der Waals surface area contributed by atoms with Gasteiger partial charge in [0.1, 0.15) is 0 Å². The highest BCUT2D eigenvalue weighted by molar-refractivity contribution is 7.22. The van der Waals surface area contributed by atoms with Crippen LogP contribution < -0.4 is 10.2 Å². The second kappa shape index (κ2) is 6.45. The van der Waals surface area contributed by atoms with E-state index in [-0.39, 0.29) is 35.4 Å². The topological polar surface area (TPSA) is 62.3 Å². The first-order valence-electron chi connectivity index (χ1n) is 7.93. The Morgan fingerprint density at radius 1 is 1.19 bits per heavy atom. The molecule has 1 atom stereocenters. The largest absolute Gasteiger partial charge is 0.312 e. The van der Waals surface area contributed by atoms with Crippen molar-refractivity contribution in [3.8, 4) is 0 Å². The Bertz CT molecular complexity index is 967. The number of anilines is 2. The van der Waals surface area contributed by atoms with Crippen molar-refractivity contribution < 1.29 is 18.4 Å². The van der Waals surface area contributed by atoms with E-state index in [1.54, 1.807) is 4.90 Å². The summed E-state index contributed by atoms with van der Waals surface area (Å²) in [6.45, 7) is 0.281. The number of amides is 2. The number of halogens is 2. The second-order valence-electron chi connectivity index (χ2n) is 5.98. The molecule has 1 aliphatic rings. The fourth-order valence-corrected chi connectivity index (χ4v) is 3.80. The molecule has 2 aromatic carbocycles. The molecule has 1 saturated heterocycles.